The molecule has 5 nitrogen and oxygen atoms in total. The Labute approximate surface area is 119 Å². The molecule has 1 N–H and O–H groups in total. The summed E-state index contributed by atoms with van der Waals surface area (Å²) >= 11 is 0. The fraction of sp³-hybridized carbons (Fsp3) is 0. The van der Waals surface area contributed by atoms with E-state index in [1.807, 2.05) is 0 Å². The minimum Gasteiger partial charge on any atom is -0.322 e. The van der Waals surface area contributed by atoms with Crippen molar-refractivity contribution >= 4 is 23.4 Å². The summed E-state index contributed by atoms with van der Waals surface area (Å²) in [5.41, 5.74) is 0.986. The summed E-state index contributed by atoms with van der Waals surface area (Å²) in [6, 6.07) is 11.3. The average Bonchev–Trinajstić information content (AvgIpc) is 2.45. The van der Waals surface area contributed by atoms with Gasteiger partial charge in [-0.2, -0.15) is 0 Å². The van der Waals surface area contributed by atoms with E-state index in [9.17, 15) is 19.3 Å². The Kier molecular flexibility index (Phi) is 4.40. The van der Waals surface area contributed by atoms with Crippen LogP contribution < -0.4 is 5.32 Å². The van der Waals surface area contributed by atoms with Crippen LogP contribution in [0.2, 0.25) is 0 Å². The number of halogens is 1. The first-order chi connectivity index (χ1) is 10.0. The molecule has 0 bridgehead atoms. The molecule has 0 radical (unpaired) electrons. The standard InChI is InChI=1S/C15H11FN2O3/c16-12-2-1-3-13(10-12)17-15(19)9-6-11-4-7-14(8-5-11)18(20)21/h1-10H,(H,17,19). The molecule has 0 aliphatic carbocycles. The molecular weight excluding hydrogens is 275 g/mol. The summed E-state index contributed by atoms with van der Waals surface area (Å²) in [6.45, 7) is 0. The monoisotopic (exact) mass is 286 g/mol. The number of carbonyl (C=O) groups excluding carboxylic acids is 1. The van der Waals surface area contributed by atoms with Crippen LogP contribution in [0, 0.1) is 15.9 Å². The summed E-state index contributed by atoms with van der Waals surface area (Å²) in [6.07, 6.45) is 2.78. The number of nitro benzene ring substituents is 1. The lowest BCUT2D eigenvalue weighted by Gasteiger charge is -2.01. The van der Waals surface area contributed by atoms with Crippen LogP contribution in [0.5, 0.6) is 0 Å². The van der Waals surface area contributed by atoms with Crippen molar-refractivity contribution in [2.24, 2.45) is 0 Å². The van der Waals surface area contributed by atoms with E-state index >= 15 is 0 Å². The van der Waals surface area contributed by atoms with Crippen molar-refractivity contribution in [1.29, 1.82) is 0 Å². The van der Waals surface area contributed by atoms with Crippen molar-refractivity contribution in [3.63, 3.8) is 0 Å². The highest BCUT2D eigenvalue weighted by Gasteiger charge is 2.03. The lowest BCUT2D eigenvalue weighted by atomic mass is 10.2. The van der Waals surface area contributed by atoms with E-state index in [1.54, 1.807) is 6.07 Å². The average molecular weight is 286 g/mol. The summed E-state index contributed by atoms with van der Waals surface area (Å²) in [4.78, 5) is 21.6. The van der Waals surface area contributed by atoms with Crippen molar-refractivity contribution in [2.75, 3.05) is 5.32 Å². The smallest absolute Gasteiger partial charge is 0.269 e. The molecule has 0 saturated carbocycles. The van der Waals surface area contributed by atoms with Gasteiger partial charge in [-0.05, 0) is 42.0 Å². The van der Waals surface area contributed by atoms with Gasteiger partial charge in [0.15, 0.2) is 0 Å². The maximum absolute atomic E-state index is 12.9. The summed E-state index contributed by atoms with van der Waals surface area (Å²) in [5.74, 6) is -0.855. The van der Waals surface area contributed by atoms with E-state index in [-0.39, 0.29) is 5.69 Å². The van der Waals surface area contributed by atoms with E-state index < -0.39 is 16.6 Å². The molecule has 21 heavy (non-hydrogen) atoms. The second kappa shape index (κ2) is 6.42. The van der Waals surface area contributed by atoms with Gasteiger partial charge >= 0.3 is 0 Å². The number of benzene rings is 2. The van der Waals surface area contributed by atoms with E-state index in [2.05, 4.69) is 5.32 Å². The molecule has 0 spiro atoms. The number of non-ortho nitro benzene ring substituents is 1. The van der Waals surface area contributed by atoms with Crippen molar-refractivity contribution in [1.82, 2.24) is 0 Å². The van der Waals surface area contributed by atoms with Crippen LogP contribution >= 0.6 is 0 Å². The Morgan fingerprint density at radius 1 is 1.19 bits per heavy atom. The predicted molar refractivity (Wildman–Crippen MR) is 77.2 cm³/mol. The predicted octanol–water partition coefficient (Wildman–Crippen LogP) is 3.39. The SMILES string of the molecule is O=C(C=Cc1ccc([N+](=O)[O-])cc1)Nc1cccc(F)c1. The van der Waals surface area contributed by atoms with Gasteiger partial charge in [-0.15, -0.1) is 0 Å². The number of amides is 1. The second-order valence-corrected chi connectivity index (χ2v) is 4.18. The zero-order valence-corrected chi connectivity index (χ0v) is 10.8. The van der Waals surface area contributed by atoms with Crippen molar-refractivity contribution in [3.05, 3.63) is 76.1 Å². The Hall–Kier alpha value is -3.02. The van der Waals surface area contributed by atoms with Gasteiger partial charge in [0.1, 0.15) is 5.82 Å². The molecule has 2 rings (SSSR count). The number of nitro groups is 1. The number of hydrogen-bond acceptors (Lipinski definition) is 3. The van der Waals surface area contributed by atoms with Gasteiger partial charge in [-0.1, -0.05) is 6.07 Å². The van der Waals surface area contributed by atoms with Gasteiger partial charge < -0.3 is 5.32 Å². The van der Waals surface area contributed by atoms with Gasteiger partial charge in [0.2, 0.25) is 5.91 Å². The van der Waals surface area contributed by atoms with Crippen LogP contribution in [0.15, 0.2) is 54.6 Å². The molecule has 0 atom stereocenters. The summed E-state index contributed by atoms with van der Waals surface area (Å²) in [7, 11) is 0. The number of nitrogens with zero attached hydrogens (tertiary/aromatic N) is 1. The minimum absolute atomic E-state index is 0.0173. The number of hydrogen-bond donors (Lipinski definition) is 1. The van der Waals surface area contributed by atoms with E-state index in [0.29, 0.717) is 11.3 Å². The maximum atomic E-state index is 12.9. The third-order valence-corrected chi connectivity index (χ3v) is 2.62. The normalized spacial score (nSPS) is 10.5. The van der Waals surface area contributed by atoms with Crippen LogP contribution in [0.25, 0.3) is 6.08 Å². The number of nitrogens with one attached hydrogen (secondary N) is 1. The van der Waals surface area contributed by atoms with E-state index in [4.69, 9.17) is 0 Å². The lowest BCUT2D eigenvalue weighted by Crippen LogP contribution is -2.07. The molecule has 6 heteroatoms. The fourth-order valence-electron chi connectivity index (χ4n) is 1.63. The quantitative estimate of drug-likeness (QED) is 0.532. The highest BCUT2D eigenvalue weighted by Crippen LogP contribution is 2.13. The molecule has 2 aromatic carbocycles. The minimum atomic E-state index is -0.496. The molecule has 0 aliphatic heterocycles. The molecule has 1 amide bonds. The first-order valence-electron chi connectivity index (χ1n) is 6.04. The molecule has 0 aliphatic rings. The molecule has 0 aromatic heterocycles. The van der Waals surface area contributed by atoms with Crippen molar-refractivity contribution in [3.8, 4) is 0 Å². The molecule has 0 fully saturated rings. The van der Waals surface area contributed by atoms with Crippen LogP contribution in [0.4, 0.5) is 15.8 Å². The fourth-order valence-corrected chi connectivity index (χ4v) is 1.63. The summed E-state index contributed by atoms with van der Waals surface area (Å²) in [5, 5.41) is 13.0. The first-order valence-corrected chi connectivity index (χ1v) is 6.04. The van der Waals surface area contributed by atoms with Gasteiger partial charge in [-0.25, -0.2) is 4.39 Å². The third-order valence-electron chi connectivity index (χ3n) is 2.62. The number of rotatable bonds is 4. The Balaban J connectivity index is 2.00. The van der Waals surface area contributed by atoms with Gasteiger partial charge in [0.05, 0.1) is 4.92 Å². The Bertz CT molecular complexity index is 696. The third kappa shape index (κ3) is 4.24. The van der Waals surface area contributed by atoms with E-state index in [0.717, 1.165) is 0 Å². The van der Waals surface area contributed by atoms with Crippen LogP contribution in [0.1, 0.15) is 5.56 Å². The van der Waals surface area contributed by atoms with Crippen LogP contribution in [0.3, 0.4) is 0 Å². The number of anilines is 1. The molecular formula is C15H11FN2O3. The Morgan fingerprint density at radius 3 is 2.52 bits per heavy atom. The van der Waals surface area contributed by atoms with Gasteiger partial charge in [0, 0.05) is 23.9 Å². The Morgan fingerprint density at radius 2 is 1.90 bits per heavy atom. The van der Waals surface area contributed by atoms with Crippen molar-refractivity contribution in [2.45, 2.75) is 0 Å². The zero-order chi connectivity index (χ0) is 15.2. The molecule has 2 aromatic rings. The van der Waals surface area contributed by atoms with Crippen LogP contribution in [-0.2, 0) is 4.79 Å². The second-order valence-electron chi connectivity index (χ2n) is 4.18. The summed E-state index contributed by atoms with van der Waals surface area (Å²) < 4.78 is 12.9. The lowest BCUT2D eigenvalue weighted by molar-refractivity contribution is -0.384. The van der Waals surface area contributed by atoms with Crippen LogP contribution in [-0.4, -0.2) is 10.8 Å². The molecule has 0 heterocycles. The van der Waals surface area contributed by atoms with Gasteiger partial charge in [-0.3, -0.25) is 14.9 Å². The van der Waals surface area contributed by atoms with E-state index in [1.165, 1.54) is 54.6 Å². The van der Waals surface area contributed by atoms with Crippen molar-refractivity contribution < 1.29 is 14.1 Å². The molecule has 106 valence electrons. The zero-order valence-electron chi connectivity index (χ0n) is 10.8. The topological polar surface area (TPSA) is 72.2 Å². The largest absolute Gasteiger partial charge is 0.322 e. The van der Waals surface area contributed by atoms with Gasteiger partial charge in [0.25, 0.3) is 5.69 Å². The first kappa shape index (κ1) is 14.4. The maximum Gasteiger partial charge on any atom is 0.269 e. The number of carbonyl (C=O) groups is 1. The highest BCUT2D eigenvalue weighted by molar-refractivity contribution is 6.01. The molecule has 0 saturated heterocycles. The molecule has 0 unspecified atom stereocenters. The highest BCUT2D eigenvalue weighted by atomic mass is 19.1.